The van der Waals surface area contributed by atoms with Crippen molar-refractivity contribution in [3.8, 4) is 0 Å². The smallest absolute Gasteiger partial charge is 0.273 e. The fourth-order valence-electron chi connectivity index (χ4n) is 3.06. The number of anilines is 1. The molecule has 1 aromatic heterocycles. The molecular formula is C17H21N5O3. The Labute approximate surface area is 145 Å². The second-order valence-electron chi connectivity index (χ2n) is 6.05. The van der Waals surface area contributed by atoms with Gasteiger partial charge in [0, 0.05) is 62.3 Å². The van der Waals surface area contributed by atoms with E-state index in [0.29, 0.717) is 37.3 Å². The van der Waals surface area contributed by atoms with E-state index < -0.39 is 4.92 Å². The number of imidazole rings is 1. The Morgan fingerprint density at radius 1 is 1.28 bits per heavy atom. The van der Waals surface area contributed by atoms with Gasteiger partial charge in [-0.2, -0.15) is 0 Å². The fourth-order valence-corrected chi connectivity index (χ4v) is 3.06. The van der Waals surface area contributed by atoms with Crippen LogP contribution in [0.3, 0.4) is 0 Å². The Bertz CT molecular complexity index is 793. The molecule has 0 saturated carbocycles. The Morgan fingerprint density at radius 3 is 2.64 bits per heavy atom. The van der Waals surface area contributed by atoms with E-state index in [1.165, 1.54) is 6.07 Å². The Hall–Kier alpha value is -2.90. The van der Waals surface area contributed by atoms with E-state index >= 15 is 0 Å². The van der Waals surface area contributed by atoms with Gasteiger partial charge in [0.05, 0.1) is 4.92 Å². The number of amides is 1. The molecule has 8 heteroatoms. The summed E-state index contributed by atoms with van der Waals surface area (Å²) < 4.78 is 2.07. The SMILES string of the molecule is CCn1ccnc1N1CCN(C(=O)c2ccc(C)c([N+](=O)[O-])c2)CC1. The summed E-state index contributed by atoms with van der Waals surface area (Å²) in [4.78, 5) is 31.6. The third-order valence-electron chi connectivity index (χ3n) is 4.54. The summed E-state index contributed by atoms with van der Waals surface area (Å²) in [6.45, 7) is 7.10. The highest BCUT2D eigenvalue weighted by atomic mass is 16.6. The monoisotopic (exact) mass is 343 g/mol. The molecule has 0 aliphatic carbocycles. The summed E-state index contributed by atoms with van der Waals surface area (Å²) >= 11 is 0. The number of benzene rings is 1. The van der Waals surface area contributed by atoms with Crippen molar-refractivity contribution in [2.24, 2.45) is 0 Å². The first-order valence-corrected chi connectivity index (χ1v) is 8.31. The van der Waals surface area contributed by atoms with Crippen molar-refractivity contribution in [1.29, 1.82) is 0 Å². The zero-order valence-electron chi connectivity index (χ0n) is 14.4. The molecule has 0 spiro atoms. The third kappa shape index (κ3) is 3.33. The molecule has 0 unspecified atom stereocenters. The standard InChI is InChI=1S/C17H21N5O3/c1-3-19-7-6-18-17(19)21-10-8-20(9-11-21)16(23)14-5-4-13(2)15(12-14)22(24)25/h4-7,12H,3,8-11H2,1-2H3. The van der Waals surface area contributed by atoms with Crippen LogP contribution < -0.4 is 4.90 Å². The molecule has 3 rings (SSSR count). The highest BCUT2D eigenvalue weighted by Gasteiger charge is 2.25. The van der Waals surface area contributed by atoms with E-state index in [4.69, 9.17) is 0 Å². The Balaban J connectivity index is 1.70. The van der Waals surface area contributed by atoms with Gasteiger partial charge >= 0.3 is 0 Å². The van der Waals surface area contributed by atoms with Crippen LogP contribution in [0, 0.1) is 17.0 Å². The first kappa shape index (κ1) is 16.9. The van der Waals surface area contributed by atoms with Crippen LogP contribution in [-0.2, 0) is 6.54 Å². The quantitative estimate of drug-likeness (QED) is 0.627. The van der Waals surface area contributed by atoms with Crippen LogP contribution >= 0.6 is 0 Å². The molecule has 0 bridgehead atoms. The summed E-state index contributed by atoms with van der Waals surface area (Å²) in [5.74, 6) is 0.752. The van der Waals surface area contributed by atoms with Gasteiger partial charge < -0.3 is 14.4 Å². The van der Waals surface area contributed by atoms with Crippen molar-refractivity contribution in [2.45, 2.75) is 20.4 Å². The van der Waals surface area contributed by atoms with E-state index in [2.05, 4.69) is 21.4 Å². The number of aryl methyl sites for hydroxylation is 2. The van der Waals surface area contributed by atoms with E-state index in [0.717, 1.165) is 12.5 Å². The lowest BCUT2D eigenvalue weighted by atomic mass is 10.1. The number of nitro benzene ring substituents is 1. The molecule has 1 aliphatic rings. The van der Waals surface area contributed by atoms with Crippen LogP contribution in [0.5, 0.6) is 0 Å². The van der Waals surface area contributed by atoms with Crippen molar-refractivity contribution >= 4 is 17.5 Å². The molecule has 2 aromatic rings. The number of hydrogen-bond donors (Lipinski definition) is 0. The lowest BCUT2D eigenvalue weighted by Gasteiger charge is -2.35. The van der Waals surface area contributed by atoms with E-state index in [1.54, 1.807) is 30.2 Å². The van der Waals surface area contributed by atoms with Gasteiger partial charge in [-0.25, -0.2) is 4.98 Å². The molecule has 8 nitrogen and oxygen atoms in total. The summed E-state index contributed by atoms with van der Waals surface area (Å²) in [6.07, 6.45) is 3.72. The molecule has 1 fully saturated rings. The van der Waals surface area contributed by atoms with Crippen molar-refractivity contribution in [3.05, 3.63) is 51.8 Å². The van der Waals surface area contributed by atoms with Gasteiger partial charge in [-0.05, 0) is 19.9 Å². The van der Waals surface area contributed by atoms with Gasteiger partial charge in [-0.3, -0.25) is 14.9 Å². The van der Waals surface area contributed by atoms with Gasteiger partial charge in [-0.1, -0.05) is 6.07 Å². The number of rotatable bonds is 4. The molecule has 1 aliphatic heterocycles. The largest absolute Gasteiger partial charge is 0.339 e. The van der Waals surface area contributed by atoms with Crippen LogP contribution in [0.1, 0.15) is 22.8 Å². The summed E-state index contributed by atoms with van der Waals surface area (Å²) in [7, 11) is 0. The molecule has 0 radical (unpaired) electrons. The van der Waals surface area contributed by atoms with Crippen LogP contribution in [0.25, 0.3) is 0 Å². The lowest BCUT2D eigenvalue weighted by Crippen LogP contribution is -2.49. The normalized spacial score (nSPS) is 14.6. The molecule has 132 valence electrons. The van der Waals surface area contributed by atoms with Gasteiger partial charge in [0.25, 0.3) is 11.6 Å². The minimum Gasteiger partial charge on any atom is -0.339 e. The van der Waals surface area contributed by atoms with Crippen LogP contribution in [0.2, 0.25) is 0 Å². The van der Waals surface area contributed by atoms with E-state index in [-0.39, 0.29) is 11.6 Å². The van der Waals surface area contributed by atoms with Crippen LogP contribution in [0.4, 0.5) is 11.6 Å². The first-order valence-electron chi connectivity index (χ1n) is 8.31. The average molecular weight is 343 g/mol. The van der Waals surface area contributed by atoms with E-state index in [9.17, 15) is 14.9 Å². The zero-order valence-corrected chi connectivity index (χ0v) is 14.4. The average Bonchev–Trinajstić information content (AvgIpc) is 3.10. The first-order chi connectivity index (χ1) is 12.0. The number of nitrogens with zero attached hydrogens (tertiary/aromatic N) is 5. The minimum absolute atomic E-state index is 0.0190. The minimum atomic E-state index is -0.450. The molecule has 0 atom stereocenters. The molecule has 0 N–H and O–H groups in total. The number of hydrogen-bond acceptors (Lipinski definition) is 5. The van der Waals surface area contributed by atoms with E-state index in [1.807, 2.05) is 6.20 Å². The predicted octanol–water partition coefficient (Wildman–Crippen LogP) is 2.08. The van der Waals surface area contributed by atoms with Crippen LogP contribution in [-0.4, -0.2) is 51.5 Å². The topological polar surface area (TPSA) is 84.5 Å². The number of aromatic nitrogens is 2. The van der Waals surface area contributed by atoms with Crippen molar-refractivity contribution < 1.29 is 9.72 Å². The maximum absolute atomic E-state index is 12.7. The van der Waals surface area contributed by atoms with Crippen molar-refractivity contribution in [3.63, 3.8) is 0 Å². The number of piperazine rings is 1. The summed E-state index contributed by atoms with van der Waals surface area (Å²) in [6, 6.07) is 4.65. The second-order valence-corrected chi connectivity index (χ2v) is 6.05. The van der Waals surface area contributed by atoms with Gasteiger partial charge in [0.1, 0.15) is 0 Å². The van der Waals surface area contributed by atoms with Crippen molar-refractivity contribution in [2.75, 3.05) is 31.1 Å². The summed E-state index contributed by atoms with van der Waals surface area (Å²) in [5, 5.41) is 11.1. The number of carbonyl (C=O) groups is 1. The van der Waals surface area contributed by atoms with Crippen molar-refractivity contribution in [1.82, 2.24) is 14.5 Å². The molecule has 1 saturated heterocycles. The fraction of sp³-hybridized carbons (Fsp3) is 0.412. The lowest BCUT2D eigenvalue weighted by molar-refractivity contribution is -0.385. The number of nitro groups is 1. The Kier molecular flexibility index (Phi) is 4.69. The zero-order chi connectivity index (χ0) is 18.0. The second kappa shape index (κ2) is 6.92. The maximum atomic E-state index is 12.7. The Morgan fingerprint density at radius 2 is 2.00 bits per heavy atom. The summed E-state index contributed by atoms with van der Waals surface area (Å²) in [5.41, 5.74) is 0.896. The highest BCUT2D eigenvalue weighted by molar-refractivity contribution is 5.95. The van der Waals surface area contributed by atoms with Gasteiger partial charge in [-0.15, -0.1) is 0 Å². The molecule has 1 aromatic carbocycles. The maximum Gasteiger partial charge on any atom is 0.273 e. The molecule has 25 heavy (non-hydrogen) atoms. The van der Waals surface area contributed by atoms with Gasteiger partial charge in [0.2, 0.25) is 5.95 Å². The van der Waals surface area contributed by atoms with Gasteiger partial charge in [0.15, 0.2) is 0 Å². The van der Waals surface area contributed by atoms with Crippen LogP contribution in [0.15, 0.2) is 30.6 Å². The molecule has 2 heterocycles. The highest BCUT2D eigenvalue weighted by Crippen LogP contribution is 2.21. The third-order valence-corrected chi connectivity index (χ3v) is 4.54. The number of carbonyl (C=O) groups excluding carboxylic acids is 1. The predicted molar refractivity (Wildman–Crippen MR) is 93.9 cm³/mol. The molecule has 1 amide bonds. The molecular weight excluding hydrogens is 322 g/mol.